The standard InChI is InChI=1S/C23H26N2O2/c1-2-15-14-25-12-10-17(15)13-21(25)22(27-23(26)16-7-8-16)19-9-11-24-20-6-4-3-5-18(19)20/h2-6,9,11,15-17,21-22H,1,7-8,10,12-14H2/t15-,17-,21-,22+/m0/s1. The minimum absolute atomic E-state index is 0.0242. The number of carbonyl (C=O) groups excluding carboxylic acids is 1. The highest BCUT2D eigenvalue weighted by Gasteiger charge is 2.45. The molecule has 4 heterocycles. The van der Waals surface area contributed by atoms with Gasteiger partial charge in [0.1, 0.15) is 6.10 Å². The molecule has 2 bridgehead atoms. The highest BCUT2D eigenvalue weighted by Crippen LogP contribution is 2.44. The van der Waals surface area contributed by atoms with E-state index in [4.69, 9.17) is 4.74 Å². The van der Waals surface area contributed by atoms with Crippen LogP contribution in [0.5, 0.6) is 0 Å². The highest BCUT2D eigenvalue weighted by molar-refractivity contribution is 5.83. The second-order valence-electron chi connectivity index (χ2n) is 8.30. The van der Waals surface area contributed by atoms with Crippen molar-refractivity contribution in [3.05, 3.63) is 54.7 Å². The van der Waals surface area contributed by atoms with Gasteiger partial charge in [-0.3, -0.25) is 14.7 Å². The third kappa shape index (κ3) is 3.06. The maximum atomic E-state index is 12.6. The molecule has 0 N–H and O–H groups in total. The smallest absolute Gasteiger partial charge is 0.309 e. The Kier molecular flexibility index (Phi) is 4.24. The number of hydrogen-bond acceptors (Lipinski definition) is 4. The lowest BCUT2D eigenvalue weighted by Gasteiger charge is -2.51. The molecule has 3 aliphatic heterocycles. The Hall–Kier alpha value is -2.20. The van der Waals surface area contributed by atoms with E-state index in [1.807, 2.05) is 30.5 Å². The first-order valence-electron chi connectivity index (χ1n) is 10.2. The van der Waals surface area contributed by atoms with Crippen molar-refractivity contribution in [3.8, 4) is 0 Å². The number of rotatable bonds is 5. The normalized spacial score (nSPS) is 30.8. The predicted molar refractivity (Wildman–Crippen MR) is 105 cm³/mol. The molecule has 4 nitrogen and oxygen atoms in total. The summed E-state index contributed by atoms with van der Waals surface area (Å²) >= 11 is 0. The summed E-state index contributed by atoms with van der Waals surface area (Å²) < 4.78 is 6.20. The van der Waals surface area contributed by atoms with Crippen LogP contribution in [-0.4, -0.2) is 35.0 Å². The van der Waals surface area contributed by atoms with Crippen LogP contribution in [0, 0.1) is 17.8 Å². The molecule has 3 saturated heterocycles. The summed E-state index contributed by atoms with van der Waals surface area (Å²) in [5.74, 6) is 1.29. The Morgan fingerprint density at radius 1 is 1.26 bits per heavy atom. The number of nitrogens with zero attached hydrogens (tertiary/aromatic N) is 2. The number of para-hydroxylation sites is 1. The average Bonchev–Trinajstić information content (AvgIpc) is 3.57. The molecular formula is C23H26N2O2. The fourth-order valence-corrected chi connectivity index (χ4v) is 4.95. The van der Waals surface area contributed by atoms with Crippen molar-refractivity contribution in [2.45, 2.75) is 37.8 Å². The monoisotopic (exact) mass is 362 g/mol. The number of pyridine rings is 1. The van der Waals surface area contributed by atoms with E-state index in [9.17, 15) is 4.79 Å². The van der Waals surface area contributed by atoms with Crippen molar-refractivity contribution < 1.29 is 9.53 Å². The van der Waals surface area contributed by atoms with Gasteiger partial charge >= 0.3 is 5.97 Å². The van der Waals surface area contributed by atoms with Gasteiger partial charge in [0.25, 0.3) is 0 Å². The number of benzene rings is 1. The number of hydrogen-bond donors (Lipinski definition) is 0. The molecule has 4 aliphatic rings. The Balaban J connectivity index is 1.53. The number of carbonyl (C=O) groups is 1. The zero-order chi connectivity index (χ0) is 18.4. The van der Waals surface area contributed by atoms with E-state index in [0.717, 1.165) is 48.8 Å². The second kappa shape index (κ2) is 6.75. The molecule has 140 valence electrons. The van der Waals surface area contributed by atoms with E-state index in [1.165, 1.54) is 6.42 Å². The van der Waals surface area contributed by atoms with Gasteiger partial charge < -0.3 is 4.74 Å². The van der Waals surface area contributed by atoms with Gasteiger partial charge in [0, 0.05) is 23.7 Å². The SMILES string of the molecule is C=C[C@H]1CN2CC[C@H]1C[C@H]2[C@H](OC(=O)C1CC1)c1ccnc2ccccc12. The molecule has 0 amide bonds. The molecule has 0 spiro atoms. The Morgan fingerprint density at radius 2 is 2.11 bits per heavy atom. The molecule has 4 fully saturated rings. The predicted octanol–water partition coefficient (Wildman–Crippen LogP) is 4.13. The van der Waals surface area contributed by atoms with Crippen LogP contribution in [0.1, 0.15) is 37.4 Å². The van der Waals surface area contributed by atoms with Crippen LogP contribution >= 0.6 is 0 Å². The first kappa shape index (κ1) is 16.9. The Labute approximate surface area is 160 Å². The molecule has 27 heavy (non-hydrogen) atoms. The summed E-state index contributed by atoms with van der Waals surface area (Å²) in [6, 6.07) is 10.5. The zero-order valence-corrected chi connectivity index (χ0v) is 15.6. The lowest BCUT2D eigenvalue weighted by Crippen LogP contribution is -2.55. The summed E-state index contributed by atoms with van der Waals surface area (Å²) in [5.41, 5.74) is 2.06. The van der Waals surface area contributed by atoms with Gasteiger partial charge in [-0.2, -0.15) is 0 Å². The molecular weight excluding hydrogens is 336 g/mol. The van der Waals surface area contributed by atoms with E-state index >= 15 is 0 Å². The van der Waals surface area contributed by atoms with Crippen molar-refractivity contribution in [2.75, 3.05) is 13.1 Å². The van der Waals surface area contributed by atoms with Crippen LogP contribution in [0.25, 0.3) is 10.9 Å². The van der Waals surface area contributed by atoms with Gasteiger partial charge in [0.05, 0.1) is 17.5 Å². The number of aromatic nitrogens is 1. The maximum absolute atomic E-state index is 12.6. The lowest BCUT2D eigenvalue weighted by atomic mass is 9.73. The van der Waals surface area contributed by atoms with Crippen LogP contribution in [0.2, 0.25) is 0 Å². The molecule has 4 heteroatoms. The lowest BCUT2D eigenvalue weighted by molar-refractivity contribution is -0.158. The quantitative estimate of drug-likeness (QED) is 0.593. The molecule has 6 rings (SSSR count). The summed E-state index contributed by atoms with van der Waals surface area (Å²) in [4.78, 5) is 19.6. The first-order chi connectivity index (χ1) is 13.2. The second-order valence-corrected chi connectivity index (χ2v) is 8.30. The number of ether oxygens (including phenoxy) is 1. The Bertz CT molecular complexity index is 870. The number of fused-ring (bicyclic) bond motifs is 4. The van der Waals surface area contributed by atoms with Crippen LogP contribution in [0.3, 0.4) is 0 Å². The molecule has 0 radical (unpaired) electrons. The van der Waals surface area contributed by atoms with Gasteiger partial charge in [0.15, 0.2) is 0 Å². The third-order valence-electron chi connectivity index (χ3n) is 6.65. The van der Waals surface area contributed by atoms with Crippen LogP contribution in [-0.2, 0) is 9.53 Å². The molecule has 2 aromatic rings. The topological polar surface area (TPSA) is 42.4 Å². The van der Waals surface area contributed by atoms with Gasteiger partial charge in [-0.25, -0.2) is 0 Å². The largest absolute Gasteiger partial charge is 0.456 e. The first-order valence-corrected chi connectivity index (χ1v) is 10.2. The van der Waals surface area contributed by atoms with Crippen molar-refractivity contribution in [1.82, 2.24) is 9.88 Å². The summed E-state index contributed by atoms with van der Waals surface area (Å²) in [7, 11) is 0. The van der Waals surface area contributed by atoms with Crippen LogP contribution < -0.4 is 0 Å². The summed E-state index contributed by atoms with van der Waals surface area (Å²) in [6.07, 6.45) is 7.96. The molecule has 1 unspecified atom stereocenters. The minimum Gasteiger partial charge on any atom is -0.456 e. The minimum atomic E-state index is -0.223. The average molecular weight is 362 g/mol. The third-order valence-corrected chi connectivity index (χ3v) is 6.65. The molecule has 1 aromatic carbocycles. The van der Waals surface area contributed by atoms with Gasteiger partial charge in [-0.05, 0) is 56.2 Å². The van der Waals surface area contributed by atoms with E-state index in [2.05, 4.69) is 28.6 Å². The maximum Gasteiger partial charge on any atom is 0.309 e. The fourth-order valence-electron chi connectivity index (χ4n) is 4.95. The Morgan fingerprint density at radius 3 is 2.85 bits per heavy atom. The summed E-state index contributed by atoms with van der Waals surface area (Å²) in [5, 5.41) is 1.09. The van der Waals surface area contributed by atoms with Gasteiger partial charge in [-0.15, -0.1) is 6.58 Å². The van der Waals surface area contributed by atoms with E-state index in [0.29, 0.717) is 11.8 Å². The van der Waals surface area contributed by atoms with E-state index in [-0.39, 0.29) is 24.0 Å². The van der Waals surface area contributed by atoms with E-state index < -0.39 is 0 Å². The van der Waals surface area contributed by atoms with Crippen molar-refractivity contribution in [3.63, 3.8) is 0 Å². The van der Waals surface area contributed by atoms with E-state index in [1.54, 1.807) is 0 Å². The molecule has 1 aromatic heterocycles. The number of esters is 1. The zero-order valence-electron chi connectivity index (χ0n) is 15.6. The fraction of sp³-hybridized carbons (Fsp3) is 0.478. The highest BCUT2D eigenvalue weighted by atomic mass is 16.5. The summed E-state index contributed by atoms with van der Waals surface area (Å²) in [6.45, 7) is 6.14. The number of piperidine rings is 3. The van der Waals surface area contributed by atoms with Crippen LogP contribution in [0.4, 0.5) is 0 Å². The molecule has 5 atom stereocenters. The van der Waals surface area contributed by atoms with Crippen molar-refractivity contribution in [2.24, 2.45) is 17.8 Å². The van der Waals surface area contributed by atoms with Gasteiger partial charge in [0.2, 0.25) is 0 Å². The van der Waals surface area contributed by atoms with Gasteiger partial charge in [-0.1, -0.05) is 24.3 Å². The molecule has 1 saturated carbocycles. The van der Waals surface area contributed by atoms with Crippen LogP contribution in [0.15, 0.2) is 49.2 Å². The van der Waals surface area contributed by atoms with Crippen molar-refractivity contribution in [1.29, 1.82) is 0 Å². The molecule has 1 aliphatic carbocycles. The van der Waals surface area contributed by atoms with Crippen molar-refractivity contribution >= 4 is 16.9 Å².